The van der Waals surface area contributed by atoms with Crippen LogP contribution in [0.1, 0.15) is 39.0 Å². The molecule has 14 heavy (non-hydrogen) atoms. The SMILES string of the molecule is C=CCCCCCOC(=O)CC(C)=O. The monoisotopic (exact) mass is 198 g/mol. The van der Waals surface area contributed by atoms with E-state index in [4.69, 9.17) is 4.74 Å². The second-order valence-corrected chi connectivity index (χ2v) is 3.24. The van der Waals surface area contributed by atoms with E-state index in [9.17, 15) is 9.59 Å². The first kappa shape index (κ1) is 12.9. The van der Waals surface area contributed by atoms with Crippen LogP contribution in [0.2, 0.25) is 0 Å². The normalized spacial score (nSPS) is 9.50. The van der Waals surface area contributed by atoms with E-state index in [0.717, 1.165) is 25.7 Å². The molecule has 0 unspecified atom stereocenters. The van der Waals surface area contributed by atoms with Crippen LogP contribution in [0.3, 0.4) is 0 Å². The van der Waals surface area contributed by atoms with Gasteiger partial charge in [-0.1, -0.05) is 6.08 Å². The van der Waals surface area contributed by atoms with Crippen molar-refractivity contribution in [1.82, 2.24) is 0 Å². The Labute approximate surface area is 85.1 Å². The number of carbonyl (C=O) groups excluding carboxylic acids is 2. The standard InChI is InChI=1S/C11H18O3/c1-3-4-5-6-7-8-14-11(13)9-10(2)12/h3H,1,4-9H2,2H3. The molecule has 0 heterocycles. The zero-order valence-electron chi connectivity index (χ0n) is 8.75. The van der Waals surface area contributed by atoms with Crippen LogP contribution >= 0.6 is 0 Å². The minimum Gasteiger partial charge on any atom is -0.465 e. The minimum absolute atomic E-state index is 0.105. The lowest BCUT2D eigenvalue weighted by atomic mass is 10.2. The highest BCUT2D eigenvalue weighted by molar-refractivity contribution is 5.94. The lowest BCUT2D eigenvalue weighted by molar-refractivity contribution is -0.145. The number of hydrogen-bond donors (Lipinski definition) is 0. The largest absolute Gasteiger partial charge is 0.465 e. The predicted octanol–water partition coefficient (Wildman–Crippen LogP) is 2.26. The minimum atomic E-state index is -0.416. The number of esters is 1. The van der Waals surface area contributed by atoms with E-state index in [1.165, 1.54) is 6.92 Å². The Morgan fingerprint density at radius 2 is 2.00 bits per heavy atom. The summed E-state index contributed by atoms with van der Waals surface area (Å²) in [5.41, 5.74) is 0. The van der Waals surface area contributed by atoms with E-state index < -0.39 is 5.97 Å². The number of Topliss-reactive ketones (excluding diaryl/α,β-unsaturated/α-hetero) is 1. The molecule has 0 aliphatic carbocycles. The first-order valence-electron chi connectivity index (χ1n) is 4.92. The summed E-state index contributed by atoms with van der Waals surface area (Å²) in [5, 5.41) is 0. The maximum atomic E-state index is 10.9. The fourth-order valence-corrected chi connectivity index (χ4v) is 1.01. The van der Waals surface area contributed by atoms with Crippen LogP contribution in [-0.4, -0.2) is 18.4 Å². The molecule has 0 atom stereocenters. The number of unbranched alkanes of at least 4 members (excludes halogenated alkanes) is 3. The van der Waals surface area contributed by atoms with Gasteiger partial charge in [-0.2, -0.15) is 0 Å². The molecule has 80 valence electrons. The van der Waals surface area contributed by atoms with Crippen LogP contribution < -0.4 is 0 Å². The number of ketones is 1. The van der Waals surface area contributed by atoms with Gasteiger partial charge in [0.15, 0.2) is 0 Å². The number of allylic oxidation sites excluding steroid dienone is 1. The lowest BCUT2D eigenvalue weighted by Gasteiger charge is -2.02. The first-order chi connectivity index (χ1) is 6.66. The van der Waals surface area contributed by atoms with Crippen molar-refractivity contribution >= 4 is 11.8 Å². The Kier molecular flexibility index (Phi) is 7.80. The second kappa shape index (κ2) is 8.48. The Hall–Kier alpha value is -1.12. The van der Waals surface area contributed by atoms with Crippen molar-refractivity contribution in [3.63, 3.8) is 0 Å². The summed E-state index contributed by atoms with van der Waals surface area (Å²) in [6, 6.07) is 0. The molecule has 0 bridgehead atoms. The van der Waals surface area contributed by atoms with Gasteiger partial charge in [-0.25, -0.2) is 0 Å². The van der Waals surface area contributed by atoms with Gasteiger partial charge in [0.1, 0.15) is 12.2 Å². The van der Waals surface area contributed by atoms with Crippen molar-refractivity contribution in [3.8, 4) is 0 Å². The molecule has 0 N–H and O–H groups in total. The van der Waals surface area contributed by atoms with Gasteiger partial charge < -0.3 is 4.74 Å². The van der Waals surface area contributed by atoms with Crippen molar-refractivity contribution in [3.05, 3.63) is 12.7 Å². The maximum Gasteiger partial charge on any atom is 0.313 e. The van der Waals surface area contributed by atoms with E-state index in [-0.39, 0.29) is 12.2 Å². The number of ether oxygens (including phenoxy) is 1. The molecule has 0 aliphatic heterocycles. The summed E-state index contributed by atoms with van der Waals surface area (Å²) in [6.07, 6.45) is 5.74. The van der Waals surface area contributed by atoms with Crippen molar-refractivity contribution in [2.24, 2.45) is 0 Å². The van der Waals surface area contributed by atoms with Crippen LogP contribution in [0.4, 0.5) is 0 Å². The van der Waals surface area contributed by atoms with Crippen molar-refractivity contribution in [1.29, 1.82) is 0 Å². The Balaban J connectivity index is 3.23. The number of hydrogen-bond acceptors (Lipinski definition) is 3. The Bertz CT molecular complexity index is 197. The fourth-order valence-electron chi connectivity index (χ4n) is 1.01. The third kappa shape index (κ3) is 8.97. The second-order valence-electron chi connectivity index (χ2n) is 3.24. The van der Waals surface area contributed by atoms with Crippen LogP contribution in [0.5, 0.6) is 0 Å². The summed E-state index contributed by atoms with van der Waals surface area (Å²) in [4.78, 5) is 21.4. The third-order valence-corrected chi connectivity index (χ3v) is 1.71. The molecule has 0 saturated carbocycles. The third-order valence-electron chi connectivity index (χ3n) is 1.71. The molecule has 0 rings (SSSR count). The summed E-state index contributed by atoms with van der Waals surface area (Å²) in [5.74, 6) is -0.567. The highest BCUT2D eigenvalue weighted by Gasteiger charge is 2.05. The quantitative estimate of drug-likeness (QED) is 0.260. The highest BCUT2D eigenvalue weighted by atomic mass is 16.5. The summed E-state index contributed by atoms with van der Waals surface area (Å²) < 4.78 is 4.85. The van der Waals surface area contributed by atoms with Crippen molar-refractivity contribution in [2.45, 2.75) is 39.0 Å². The van der Waals surface area contributed by atoms with Gasteiger partial charge in [0.05, 0.1) is 6.61 Å². The lowest BCUT2D eigenvalue weighted by Crippen LogP contribution is -2.09. The summed E-state index contributed by atoms with van der Waals surface area (Å²) in [6.45, 7) is 5.42. The Morgan fingerprint density at radius 1 is 1.29 bits per heavy atom. The molecular formula is C11H18O3. The van der Waals surface area contributed by atoms with Crippen LogP contribution in [0.25, 0.3) is 0 Å². The molecule has 0 amide bonds. The maximum absolute atomic E-state index is 10.9. The van der Waals surface area contributed by atoms with Gasteiger partial charge in [0, 0.05) is 0 Å². The molecule has 0 aromatic carbocycles. The van der Waals surface area contributed by atoms with E-state index >= 15 is 0 Å². The van der Waals surface area contributed by atoms with Gasteiger partial charge in [-0.3, -0.25) is 9.59 Å². The number of rotatable bonds is 8. The molecule has 0 saturated heterocycles. The first-order valence-corrected chi connectivity index (χ1v) is 4.92. The topological polar surface area (TPSA) is 43.4 Å². The smallest absolute Gasteiger partial charge is 0.313 e. The van der Waals surface area contributed by atoms with E-state index in [0.29, 0.717) is 6.61 Å². The fraction of sp³-hybridized carbons (Fsp3) is 0.636. The van der Waals surface area contributed by atoms with Gasteiger partial charge in [-0.15, -0.1) is 6.58 Å². The molecule has 0 fully saturated rings. The average Bonchev–Trinajstić information content (AvgIpc) is 2.10. The van der Waals surface area contributed by atoms with Crippen molar-refractivity contribution in [2.75, 3.05) is 6.61 Å². The van der Waals surface area contributed by atoms with Gasteiger partial charge >= 0.3 is 5.97 Å². The van der Waals surface area contributed by atoms with Crippen LogP contribution in [-0.2, 0) is 14.3 Å². The molecular weight excluding hydrogens is 180 g/mol. The molecule has 3 heteroatoms. The van der Waals surface area contributed by atoms with Gasteiger partial charge in [-0.05, 0) is 32.6 Å². The molecule has 3 nitrogen and oxygen atoms in total. The number of carbonyl (C=O) groups is 2. The predicted molar refractivity (Wildman–Crippen MR) is 54.9 cm³/mol. The summed E-state index contributed by atoms with van der Waals surface area (Å²) in [7, 11) is 0. The molecule has 0 spiro atoms. The average molecular weight is 198 g/mol. The zero-order valence-corrected chi connectivity index (χ0v) is 8.75. The van der Waals surface area contributed by atoms with E-state index in [2.05, 4.69) is 6.58 Å². The summed E-state index contributed by atoms with van der Waals surface area (Å²) >= 11 is 0. The van der Waals surface area contributed by atoms with Crippen molar-refractivity contribution < 1.29 is 14.3 Å². The van der Waals surface area contributed by atoms with Gasteiger partial charge in [0.25, 0.3) is 0 Å². The van der Waals surface area contributed by atoms with E-state index in [1.54, 1.807) is 0 Å². The van der Waals surface area contributed by atoms with Crippen LogP contribution in [0, 0.1) is 0 Å². The molecule has 0 aliphatic rings. The molecule has 0 aromatic rings. The van der Waals surface area contributed by atoms with Gasteiger partial charge in [0.2, 0.25) is 0 Å². The highest BCUT2D eigenvalue weighted by Crippen LogP contribution is 2.00. The van der Waals surface area contributed by atoms with E-state index in [1.807, 2.05) is 6.08 Å². The zero-order chi connectivity index (χ0) is 10.8. The Morgan fingerprint density at radius 3 is 2.57 bits per heavy atom. The molecule has 0 aromatic heterocycles. The molecule has 0 radical (unpaired) electrons. The van der Waals surface area contributed by atoms with Crippen LogP contribution in [0.15, 0.2) is 12.7 Å².